The Morgan fingerprint density at radius 1 is 1.25 bits per heavy atom. The highest BCUT2D eigenvalue weighted by molar-refractivity contribution is 4.85. The van der Waals surface area contributed by atoms with Crippen LogP contribution in [0.2, 0.25) is 0 Å². The Balaban J connectivity index is 2.46. The Hall–Kier alpha value is -0.120. The van der Waals surface area contributed by atoms with Crippen molar-refractivity contribution in [3.05, 3.63) is 0 Å². The van der Waals surface area contributed by atoms with Gasteiger partial charge in [-0.2, -0.15) is 0 Å². The van der Waals surface area contributed by atoms with E-state index in [2.05, 4.69) is 44.8 Å². The molecule has 2 unspecified atom stereocenters. The fourth-order valence-electron chi connectivity index (χ4n) is 2.82. The summed E-state index contributed by atoms with van der Waals surface area (Å²) in [4.78, 5) is 2.60. The molecule has 1 aliphatic heterocycles. The molecule has 0 bridgehead atoms. The summed E-state index contributed by atoms with van der Waals surface area (Å²) in [6, 6.07) is 0.562. The molecule has 1 aliphatic rings. The van der Waals surface area contributed by atoms with E-state index in [9.17, 15) is 0 Å². The zero-order chi connectivity index (χ0) is 15.0. The Kier molecular flexibility index (Phi) is 8.08. The summed E-state index contributed by atoms with van der Waals surface area (Å²) in [6.45, 7) is 17.0. The zero-order valence-electron chi connectivity index (χ0n) is 14.4. The molecule has 0 radical (unpaired) electrons. The largest absolute Gasteiger partial charge is 0.377 e. The highest BCUT2D eigenvalue weighted by atomic mass is 16.5. The summed E-state index contributed by atoms with van der Waals surface area (Å²) >= 11 is 0. The van der Waals surface area contributed by atoms with Crippen molar-refractivity contribution in [2.24, 2.45) is 5.41 Å². The molecule has 2 atom stereocenters. The summed E-state index contributed by atoms with van der Waals surface area (Å²) in [5.41, 5.74) is 0.312. The molecule has 0 aliphatic carbocycles. The summed E-state index contributed by atoms with van der Waals surface area (Å²) in [6.07, 6.45) is 5.29. The number of hydrogen-bond donors (Lipinski definition) is 1. The van der Waals surface area contributed by atoms with Crippen LogP contribution >= 0.6 is 0 Å². The molecule has 0 aromatic heterocycles. The van der Waals surface area contributed by atoms with Crippen molar-refractivity contribution in [3.8, 4) is 0 Å². The van der Waals surface area contributed by atoms with Crippen molar-refractivity contribution >= 4 is 0 Å². The second-order valence-corrected chi connectivity index (χ2v) is 7.27. The lowest BCUT2D eigenvalue weighted by molar-refractivity contribution is -0.00581. The van der Waals surface area contributed by atoms with Gasteiger partial charge in [0.2, 0.25) is 0 Å². The van der Waals surface area contributed by atoms with Crippen LogP contribution in [0, 0.1) is 5.41 Å². The highest BCUT2D eigenvalue weighted by Gasteiger charge is 2.28. The molecular weight excluding hydrogens is 248 g/mol. The normalized spacial score (nSPS) is 22.9. The van der Waals surface area contributed by atoms with Crippen molar-refractivity contribution in [1.29, 1.82) is 0 Å². The van der Waals surface area contributed by atoms with E-state index in [4.69, 9.17) is 4.74 Å². The maximum atomic E-state index is 5.95. The Bertz CT molecular complexity index is 250. The van der Waals surface area contributed by atoms with Gasteiger partial charge >= 0.3 is 0 Å². The van der Waals surface area contributed by atoms with Gasteiger partial charge in [0.1, 0.15) is 0 Å². The molecule has 0 aromatic rings. The first kappa shape index (κ1) is 17.9. The van der Waals surface area contributed by atoms with E-state index in [0.29, 0.717) is 17.6 Å². The number of hydrogen-bond acceptors (Lipinski definition) is 3. The number of ether oxygens (including phenoxy) is 1. The Morgan fingerprint density at radius 2 is 2.00 bits per heavy atom. The van der Waals surface area contributed by atoms with Crippen molar-refractivity contribution in [2.45, 2.75) is 72.4 Å². The third-order valence-electron chi connectivity index (χ3n) is 4.15. The van der Waals surface area contributed by atoms with Crippen LogP contribution in [0.1, 0.15) is 60.3 Å². The smallest absolute Gasteiger partial charge is 0.0702 e. The predicted molar refractivity (Wildman–Crippen MR) is 87.2 cm³/mol. The van der Waals surface area contributed by atoms with Crippen molar-refractivity contribution < 1.29 is 4.74 Å². The van der Waals surface area contributed by atoms with Crippen LogP contribution in [-0.4, -0.2) is 49.8 Å². The molecule has 1 rings (SSSR count). The van der Waals surface area contributed by atoms with Crippen molar-refractivity contribution in [3.63, 3.8) is 0 Å². The van der Waals surface area contributed by atoms with Gasteiger partial charge in [-0.1, -0.05) is 34.6 Å². The lowest BCUT2D eigenvalue weighted by Crippen LogP contribution is -2.52. The minimum absolute atomic E-state index is 0.312. The third-order valence-corrected chi connectivity index (χ3v) is 4.15. The number of nitrogens with one attached hydrogen (secondary N) is 1. The number of likely N-dealkylation sites (tertiary alicyclic amines) is 1. The third kappa shape index (κ3) is 6.55. The molecule has 0 saturated carbocycles. The van der Waals surface area contributed by atoms with Gasteiger partial charge in [-0.25, -0.2) is 0 Å². The Morgan fingerprint density at radius 3 is 2.60 bits per heavy atom. The van der Waals surface area contributed by atoms with Gasteiger partial charge in [0.05, 0.1) is 6.10 Å². The first-order chi connectivity index (χ1) is 9.47. The molecule has 120 valence electrons. The molecule has 0 amide bonds. The van der Waals surface area contributed by atoms with Crippen LogP contribution in [0.4, 0.5) is 0 Å². The average Bonchev–Trinajstić information content (AvgIpc) is 2.40. The topological polar surface area (TPSA) is 24.5 Å². The maximum Gasteiger partial charge on any atom is 0.0702 e. The maximum absolute atomic E-state index is 5.95. The minimum Gasteiger partial charge on any atom is -0.377 e. The number of piperidine rings is 1. The average molecular weight is 284 g/mol. The van der Waals surface area contributed by atoms with Gasteiger partial charge in [-0.05, 0) is 44.2 Å². The molecule has 1 saturated heterocycles. The Labute approximate surface area is 126 Å². The van der Waals surface area contributed by atoms with Crippen LogP contribution in [0.15, 0.2) is 0 Å². The molecule has 1 N–H and O–H groups in total. The van der Waals surface area contributed by atoms with E-state index < -0.39 is 0 Å². The minimum atomic E-state index is 0.312. The van der Waals surface area contributed by atoms with E-state index >= 15 is 0 Å². The van der Waals surface area contributed by atoms with Crippen LogP contribution < -0.4 is 5.32 Å². The summed E-state index contributed by atoms with van der Waals surface area (Å²) in [5, 5.41) is 3.73. The fraction of sp³-hybridized carbons (Fsp3) is 1.00. The molecule has 0 spiro atoms. The van der Waals surface area contributed by atoms with Gasteiger partial charge in [-0.15, -0.1) is 0 Å². The lowest BCUT2D eigenvalue weighted by atomic mass is 9.86. The molecular formula is C17H36N2O. The first-order valence-corrected chi connectivity index (χ1v) is 8.54. The standard InChI is InChI=1S/C17H36N2O/c1-6-10-18-16(17(3,4)5)14-19-11-8-9-15(13-19)20-12-7-2/h15-16,18H,6-14H2,1-5H3. The number of nitrogens with zero attached hydrogens (tertiary/aromatic N) is 1. The van der Waals surface area contributed by atoms with E-state index in [-0.39, 0.29) is 0 Å². The van der Waals surface area contributed by atoms with Crippen LogP contribution in [0.3, 0.4) is 0 Å². The van der Waals surface area contributed by atoms with Gasteiger partial charge in [0.25, 0.3) is 0 Å². The zero-order valence-corrected chi connectivity index (χ0v) is 14.4. The second-order valence-electron chi connectivity index (χ2n) is 7.27. The van der Waals surface area contributed by atoms with Gasteiger partial charge in [-0.3, -0.25) is 4.90 Å². The molecule has 1 fully saturated rings. The fourth-order valence-corrected chi connectivity index (χ4v) is 2.82. The van der Waals surface area contributed by atoms with E-state index in [1.54, 1.807) is 0 Å². The van der Waals surface area contributed by atoms with E-state index in [1.807, 2.05) is 0 Å². The van der Waals surface area contributed by atoms with Crippen LogP contribution in [0.5, 0.6) is 0 Å². The number of rotatable bonds is 8. The second kappa shape index (κ2) is 9.01. The van der Waals surface area contributed by atoms with Gasteiger partial charge < -0.3 is 10.1 Å². The van der Waals surface area contributed by atoms with Crippen LogP contribution in [-0.2, 0) is 4.74 Å². The SMILES string of the molecule is CCCNC(CN1CCCC(OCCC)C1)C(C)(C)C. The predicted octanol–water partition coefficient (Wildman–Crippen LogP) is 3.29. The molecule has 1 heterocycles. The molecule has 3 heteroatoms. The highest BCUT2D eigenvalue weighted by Crippen LogP contribution is 2.22. The summed E-state index contributed by atoms with van der Waals surface area (Å²) in [7, 11) is 0. The molecule has 0 aromatic carbocycles. The first-order valence-electron chi connectivity index (χ1n) is 8.54. The van der Waals surface area contributed by atoms with Gasteiger partial charge in [0, 0.05) is 25.7 Å². The van der Waals surface area contributed by atoms with Gasteiger partial charge in [0.15, 0.2) is 0 Å². The van der Waals surface area contributed by atoms with Crippen molar-refractivity contribution in [2.75, 3.05) is 32.8 Å². The summed E-state index contributed by atoms with van der Waals surface area (Å²) in [5.74, 6) is 0. The van der Waals surface area contributed by atoms with E-state index in [1.165, 1.54) is 25.8 Å². The monoisotopic (exact) mass is 284 g/mol. The van der Waals surface area contributed by atoms with Crippen LogP contribution in [0.25, 0.3) is 0 Å². The molecule has 3 nitrogen and oxygen atoms in total. The summed E-state index contributed by atoms with van der Waals surface area (Å²) < 4.78 is 5.95. The van der Waals surface area contributed by atoms with E-state index in [0.717, 1.165) is 32.7 Å². The quantitative estimate of drug-likeness (QED) is 0.740. The lowest BCUT2D eigenvalue weighted by Gasteiger charge is -2.39. The molecule has 20 heavy (non-hydrogen) atoms. The van der Waals surface area contributed by atoms with Crippen molar-refractivity contribution in [1.82, 2.24) is 10.2 Å².